The Kier molecular flexibility index (Phi) is 4.11. The highest BCUT2D eigenvalue weighted by molar-refractivity contribution is 6.25. The van der Waals surface area contributed by atoms with Crippen LogP contribution >= 0.6 is 11.6 Å². The van der Waals surface area contributed by atoms with Crippen LogP contribution in [0, 0.1) is 0 Å². The Hall–Kier alpha value is -1.45. The van der Waals surface area contributed by atoms with Gasteiger partial charge in [0.2, 0.25) is 0 Å². The van der Waals surface area contributed by atoms with Gasteiger partial charge in [-0.25, -0.2) is 4.79 Å². The van der Waals surface area contributed by atoms with E-state index in [1.54, 1.807) is 0 Å². The zero-order chi connectivity index (χ0) is 14.9. The molecule has 4 N–H and O–H groups in total. The van der Waals surface area contributed by atoms with Crippen LogP contribution in [0.4, 0.5) is 0 Å². The molecule has 0 radical (unpaired) electrons. The second kappa shape index (κ2) is 5.51. The van der Waals surface area contributed by atoms with Crippen molar-refractivity contribution in [2.24, 2.45) is 0 Å². The lowest BCUT2D eigenvalue weighted by Crippen LogP contribution is -2.44. The third kappa shape index (κ3) is 2.32. The molecule has 110 valence electrons. The lowest BCUT2D eigenvalue weighted by atomic mass is 9.96. The van der Waals surface area contributed by atoms with E-state index in [2.05, 4.69) is 0 Å². The molecule has 1 saturated heterocycles. The first-order valence-corrected chi connectivity index (χ1v) is 6.13. The molecule has 9 heteroatoms. The first kappa shape index (κ1) is 14.9. The number of aromatic amines is 1. The Morgan fingerprint density at radius 1 is 1.50 bits per heavy atom. The summed E-state index contributed by atoms with van der Waals surface area (Å²) < 4.78 is 6.30. The van der Waals surface area contributed by atoms with Crippen LogP contribution in [0.3, 0.4) is 0 Å². The number of H-pyrrole nitrogens is 1. The monoisotopic (exact) mass is 304 g/mol. The molecule has 0 bridgehead atoms. The van der Waals surface area contributed by atoms with Gasteiger partial charge in [-0.2, -0.15) is 0 Å². The Labute approximate surface area is 117 Å². The number of aromatic nitrogens is 2. The molecule has 1 fully saturated rings. The summed E-state index contributed by atoms with van der Waals surface area (Å²) in [5, 5.41) is 29.3. The molecule has 0 spiro atoms. The van der Waals surface area contributed by atoms with Gasteiger partial charge in [0, 0.05) is 17.8 Å². The van der Waals surface area contributed by atoms with E-state index >= 15 is 0 Å². The number of aliphatic hydroxyl groups is 3. The number of rotatable bonds is 3. The molecule has 0 aromatic carbocycles. The average Bonchev–Trinajstić information content (AvgIpc) is 2.65. The van der Waals surface area contributed by atoms with Crippen molar-refractivity contribution >= 4 is 11.6 Å². The molecule has 4 atom stereocenters. The van der Waals surface area contributed by atoms with Crippen LogP contribution < -0.4 is 11.2 Å². The smallest absolute Gasteiger partial charge is 0.330 e. The Balaban J connectivity index is 2.45. The molecular weight excluding hydrogens is 292 g/mol. The lowest BCUT2D eigenvalue weighted by molar-refractivity contribution is -0.0994. The molecule has 0 aliphatic carbocycles. The van der Waals surface area contributed by atoms with E-state index in [0.717, 1.165) is 22.4 Å². The fraction of sp³-hybridized carbons (Fsp3) is 0.455. The third-order valence-electron chi connectivity index (χ3n) is 3.17. The third-order valence-corrected chi connectivity index (χ3v) is 3.30. The van der Waals surface area contributed by atoms with Crippen molar-refractivity contribution in [3.8, 4) is 0 Å². The maximum absolute atomic E-state index is 11.7. The zero-order valence-electron chi connectivity index (χ0n) is 10.1. The molecule has 0 saturated carbocycles. The summed E-state index contributed by atoms with van der Waals surface area (Å²) in [6.07, 6.45) is -1.95. The van der Waals surface area contributed by atoms with Gasteiger partial charge in [-0.1, -0.05) is 11.6 Å². The van der Waals surface area contributed by atoms with Crippen LogP contribution in [0.25, 0.3) is 0 Å². The number of nitrogens with one attached hydrogen (secondary N) is 1. The second-order valence-electron chi connectivity index (χ2n) is 4.37. The van der Waals surface area contributed by atoms with E-state index in [0.29, 0.717) is 0 Å². The number of nitrogens with zero attached hydrogens (tertiary/aromatic N) is 1. The topological polar surface area (TPSA) is 125 Å². The minimum Gasteiger partial charge on any atom is -0.393 e. The summed E-state index contributed by atoms with van der Waals surface area (Å²) in [4.78, 5) is 24.7. The number of hydrogen-bond donors (Lipinski definition) is 4. The van der Waals surface area contributed by atoms with Crippen LogP contribution in [0.1, 0.15) is 6.23 Å². The Morgan fingerprint density at radius 3 is 2.75 bits per heavy atom. The largest absolute Gasteiger partial charge is 0.393 e. The zero-order valence-corrected chi connectivity index (χ0v) is 10.9. The second-order valence-corrected chi connectivity index (χ2v) is 4.62. The van der Waals surface area contributed by atoms with E-state index in [1.165, 1.54) is 6.08 Å². The number of aliphatic hydroxyl groups excluding tert-OH is 3. The van der Waals surface area contributed by atoms with Crippen molar-refractivity contribution in [3.05, 3.63) is 44.7 Å². The molecule has 2 heterocycles. The van der Waals surface area contributed by atoms with Crippen LogP contribution in [0.2, 0.25) is 0 Å². The normalized spacial score (nSPS) is 33.9. The number of halogens is 1. The number of ether oxygens (including phenoxy) is 1. The van der Waals surface area contributed by atoms with Crippen molar-refractivity contribution < 1.29 is 20.1 Å². The molecule has 0 unspecified atom stereocenters. The predicted molar refractivity (Wildman–Crippen MR) is 68.3 cm³/mol. The first-order chi connectivity index (χ1) is 9.45. The lowest BCUT2D eigenvalue weighted by Gasteiger charge is -2.25. The molecule has 1 aromatic heterocycles. The molecule has 2 rings (SSSR count). The summed E-state index contributed by atoms with van der Waals surface area (Å²) in [6, 6.07) is 1.07. The van der Waals surface area contributed by atoms with Crippen molar-refractivity contribution in [3.63, 3.8) is 0 Å². The molecular formula is C11H13ClN2O6. The van der Waals surface area contributed by atoms with Crippen LogP contribution in [-0.2, 0) is 4.74 Å². The van der Waals surface area contributed by atoms with E-state index in [4.69, 9.17) is 16.3 Å². The SMILES string of the molecule is O=c1ccn([C@@H]2O[C@](/C=C\Cl)(CO)[C@@H](O)[C@H]2O)c(=O)[nH]1. The Bertz CT molecular complexity index is 626. The molecule has 8 nitrogen and oxygen atoms in total. The van der Waals surface area contributed by atoms with Gasteiger partial charge in [0.1, 0.15) is 17.8 Å². The van der Waals surface area contributed by atoms with Gasteiger partial charge < -0.3 is 20.1 Å². The van der Waals surface area contributed by atoms with Crippen molar-refractivity contribution in [2.45, 2.75) is 24.0 Å². The Morgan fingerprint density at radius 2 is 2.20 bits per heavy atom. The van der Waals surface area contributed by atoms with Gasteiger partial charge in [-0.15, -0.1) is 0 Å². The van der Waals surface area contributed by atoms with E-state index < -0.39 is 41.9 Å². The van der Waals surface area contributed by atoms with Gasteiger partial charge in [0.05, 0.1) is 6.61 Å². The van der Waals surface area contributed by atoms with Gasteiger partial charge in [0.15, 0.2) is 6.23 Å². The summed E-state index contributed by atoms with van der Waals surface area (Å²) in [5.74, 6) is 0. The summed E-state index contributed by atoms with van der Waals surface area (Å²) >= 11 is 5.43. The van der Waals surface area contributed by atoms with E-state index in [-0.39, 0.29) is 0 Å². The maximum atomic E-state index is 11.7. The fourth-order valence-corrected chi connectivity index (χ4v) is 2.30. The van der Waals surface area contributed by atoms with Gasteiger partial charge in [-0.3, -0.25) is 14.3 Å². The minimum atomic E-state index is -1.62. The minimum absolute atomic E-state index is 0.603. The first-order valence-electron chi connectivity index (χ1n) is 5.69. The molecule has 1 aliphatic rings. The van der Waals surface area contributed by atoms with Gasteiger partial charge >= 0.3 is 5.69 Å². The van der Waals surface area contributed by atoms with Gasteiger partial charge in [-0.05, 0) is 6.08 Å². The van der Waals surface area contributed by atoms with Crippen LogP contribution in [-0.4, -0.2) is 49.3 Å². The molecule has 1 aliphatic heterocycles. The predicted octanol–water partition coefficient (Wildman–Crippen LogP) is -1.73. The quantitative estimate of drug-likeness (QED) is 0.526. The van der Waals surface area contributed by atoms with E-state index in [1.807, 2.05) is 4.98 Å². The van der Waals surface area contributed by atoms with Crippen LogP contribution in [0.15, 0.2) is 33.5 Å². The van der Waals surface area contributed by atoms with Crippen molar-refractivity contribution in [1.82, 2.24) is 9.55 Å². The average molecular weight is 305 g/mol. The summed E-state index contributed by atoms with van der Waals surface area (Å²) in [6.45, 7) is -0.650. The van der Waals surface area contributed by atoms with Gasteiger partial charge in [0.25, 0.3) is 5.56 Å². The summed E-state index contributed by atoms with van der Waals surface area (Å²) in [5.41, 5.74) is -2.00. The molecule has 1 aromatic rings. The molecule has 0 amide bonds. The maximum Gasteiger partial charge on any atom is 0.330 e. The van der Waals surface area contributed by atoms with Crippen molar-refractivity contribution in [1.29, 1.82) is 0 Å². The van der Waals surface area contributed by atoms with Crippen molar-refractivity contribution in [2.75, 3.05) is 6.61 Å². The number of hydrogen-bond acceptors (Lipinski definition) is 6. The highest BCUT2D eigenvalue weighted by Crippen LogP contribution is 2.37. The van der Waals surface area contributed by atoms with E-state index in [9.17, 15) is 24.9 Å². The standard InChI is InChI=1S/C11H13ClN2O6/c12-3-2-11(5-15)8(18)7(17)9(20-11)14-4-1-6(16)13-10(14)19/h1-4,7-9,15,17-18H,5H2,(H,13,16,19)/b3-2-/t7-,8+,9-,11-/m1/s1. The highest BCUT2D eigenvalue weighted by atomic mass is 35.5. The van der Waals surface area contributed by atoms with Crippen LogP contribution in [0.5, 0.6) is 0 Å². The highest BCUT2D eigenvalue weighted by Gasteiger charge is 2.53. The molecule has 20 heavy (non-hydrogen) atoms. The fourth-order valence-electron chi connectivity index (χ4n) is 2.09. The summed E-state index contributed by atoms with van der Waals surface area (Å²) in [7, 11) is 0.